The quantitative estimate of drug-likeness (QED) is 0.270. The summed E-state index contributed by atoms with van der Waals surface area (Å²) in [5, 5.41) is 21.1. The molecule has 34 heavy (non-hydrogen) atoms. The smallest absolute Gasteiger partial charge is 0.296 e. The summed E-state index contributed by atoms with van der Waals surface area (Å²) in [7, 11) is 0. The number of nitrogens with zero attached hydrogens (tertiary/aromatic N) is 1. The Hall–Kier alpha value is -3.71. The molecule has 1 amide bonds. The Morgan fingerprint density at radius 2 is 1.88 bits per heavy atom. The van der Waals surface area contributed by atoms with Crippen LogP contribution in [-0.2, 0) is 16.1 Å². The second-order valence-electron chi connectivity index (χ2n) is 8.45. The number of phenolic OH excluding ortho intramolecular Hbond substituents is 1. The molecule has 4 rings (SSSR count). The van der Waals surface area contributed by atoms with Crippen LogP contribution in [0.15, 0.2) is 70.9 Å². The number of carbonyl (C=O) groups excluding carboxylic acids is 2. The van der Waals surface area contributed by atoms with E-state index in [1.54, 1.807) is 42.5 Å². The third kappa shape index (κ3) is 4.65. The van der Waals surface area contributed by atoms with Crippen LogP contribution in [0.3, 0.4) is 0 Å². The van der Waals surface area contributed by atoms with Crippen LogP contribution in [0, 0.1) is 5.92 Å². The van der Waals surface area contributed by atoms with Crippen LogP contribution in [0.4, 0.5) is 0 Å². The summed E-state index contributed by atoms with van der Waals surface area (Å²) >= 11 is 6.12. The Balaban J connectivity index is 1.77. The van der Waals surface area contributed by atoms with Crippen molar-refractivity contribution in [3.8, 4) is 11.5 Å². The number of furan rings is 1. The molecule has 1 aliphatic rings. The van der Waals surface area contributed by atoms with E-state index in [0.29, 0.717) is 35.2 Å². The van der Waals surface area contributed by atoms with Crippen LogP contribution in [-0.4, -0.2) is 33.4 Å². The number of amides is 1. The van der Waals surface area contributed by atoms with Gasteiger partial charge in [-0.3, -0.25) is 9.59 Å². The number of benzene rings is 2. The normalized spacial score (nSPS) is 17.5. The molecule has 3 aromatic rings. The zero-order valence-electron chi connectivity index (χ0n) is 18.7. The highest BCUT2D eigenvalue weighted by Gasteiger charge is 2.46. The molecule has 0 aliphatic carbocycles. The van der Waals surface area contributed by atoms with Crippen LogP contribution in [0.2, 0.25) is 5.02 Å². The van der Waals surface area contributed by atoms with Crippen molar-refractivity contribution in [3.63, 3.8) is 0 Å². The number of aliphatic hydroxyl groups excluding tert-OH is 1. The molecule has 0 saturated carbocycles. The molecule has 2 aromatic carbocycles. The van der Waals surface area contributed by atoms with Crippen LogP contribution < -0.4 is 4.74 Å². The van der Waals surface area contributed by atoms with E-state index in [2.05, 4.69) is 0 Å². The van der Waals surface area contributed by atoms with Gasteiger partial charge < -0.3 is 24.3 Å². The molecule has 2 N–H and O–H groups in total. The molecule has 1 saturated heterocycles. The van der Waals surface area contributed by atoms with E-state index in [1.165, 1.54) is 23.3 Å². The third-order valence-corrected chi connectivity index (χ3v) is 5.75. The topological polar surface area (TPSA) is 100 Å². The highest BCUT2D eigenvalue weighted by molar-refractivity contribution is 6.46. The summed E-state index contributed by atoms with van der Waals surface area (Å²) in [5.41, 5.74) is 0.754. The average molecular weight is 482 g/mol. The molecule has 8 heteroatoms. The number of halogens is 1. The first-order valence-corrected chi connectivity index (χ1v) is 11.2. The fourth-order valence-electron chi connectivity index (χ4n) is 3.78. The zero-order chi connectivity index (χ0) is 24.4. The first kappa shape index (κ1) is 23.4. The maximum atomic E-state index is 13.1. The Morgan fingerprint density at radius 1 is 1.15 bits per heavy atom. The summed E-state index contributed by atoms with van der Waals surface area (Å²) in [6, 6.07) is 13.5. The fraction of sp³-hybridized carbons (Fsp3) is 0.231. The van der Waals surface area contributed by atoms with Crippen molar-refractivity contribution < 1.29 is 29.0 Å². The van der Waals surface area contributed by atoms with E-state index in [-0.39, 0.29) is 28.6 Å². The van der Waals surface area contributed by atoms with Crippen molar-refractivity contribution >= 4 is 29.1 Å². The number of likely N-dealkylation sites (tertiary alicyclic amines) is 1. The lowest BCUT2D eigenvalue weighted by molar-refractivity contribution is -0.140. The number of Topliss-reactive ketones (excluding diaryl/α,β-unsaturated/α-hetero) is 1. The molecule has 1 aromatic heterocycles. The van der Waals surface area contributed by atoms with Gasteiger partial charge in [-0.2, -0.15) is 0 Å². The predicted molar refractivity (Wildman–Crippen MR) is 126 cm³/mol. The van der Waals surface area contributed by atoms with Crippen molar-refractivity contribution in [2.45, 2.75) is 26.4 Å². The zero-order valence-corrected chi connectivity index (χ0v) is 19.5. The van der Waals surface area contributed by atoms with E-state index >= 15 is 0 Å². The lowest BCUT2D eigenvalue weighted by Crippen LogP contribution is -2.29. The first-order chi connectivity index (χ1) is 16.3. The molecule has 1 unspecified atom stereocenters. The Kier molecular flexibility index (Phi) is 6.65. The number of carbonyl (C=O) groups is 2. The summed E-state index contributed by atoms with van der Waals surface area (Å²) in [5.74, 6) is -0.582. The summed E-state index contributed by atoms with van der Waals surface area (Å²) in [6.07, 6.45) is 1.47. The van der Waals surface area contributed by atoms with Crippen LogP contribution in [0.1, 0.15) is 36.8 Å². The number of ether oxygens (including phenoxy) is 1. The van der Waals surface area contributed by atoms with Gasteiger partial charge in [0, 0.05) is 5.56 Å². The Bertz CT molecular complexity index is 1230. The van der Waals surface area contributed by atoms with Crippen molar-refractivity contribution in [2.24, 2.45) is 5.92 Å². The maximum Gasteiger partial charge on any atom is 0.296 e. The lowest BCUT2D eigenvalue weighted by Gasteiger charge is -2.24. The van der Waals surface area contributed by atoms with Crippen molar-refractivity contribution in [1.82, 2.24) is 4.90 Å². The predicted octanol–water partition coefficient (Wildman–Crippen LogP) is 5.30. The number of hydrogen-bond donors (Lipinski definition) is 2. The standard InChI is InChI=1S/C26H24ClNO6/c1-15(2)14-34-18-8-5-16(6-9-18)24(30)22-23(17-7-10-21(29)20(27)12-17)28(26(32)25(22)31)13-19-4-3-11-33-19/h3-12,15,23,29-30H,13-14H2,1-2H3/b24-22-. The van der Waals surface area contributed by atoms with E-state index in [0.717, 1.165) is 0 Å². The second-order valence-corrected chi connectivity index (χ2v) is 8.85. The van der Waals surface area contributed by atoms with Gasteiger partial charge >= 0.3 is 0 Å². The van der Waals surface area contributed by atoms with Gasteiger partial charge in [0.1, 0.15) is 23.0 Å². The van der Waals surface area contributed by atoms with Crippen molar-refractivity contribution in [3.05, 3.63) is 88.3 Å². The minimum atomic E-state index is -0.930. The van der Waals surface area contributed by atoms with Crippen molar-refractivity contribution in [2.75, 3.05) is 6.61 Å². The molecule has 0 radical (unpaired) electrons. The molecule has 0 bridgehead atoms. The van der Waals surface area contributed by atoms with E-state index < -0.39 is 17.7 Å². The van der Waals surface area contributed by atoms with Crippen molar-refractivity contribution in [1.29, 1.82) is 0 Å². The minimum Gasteiger partial charge on any atom is -0.507 e. The maximum absolute atomic E-state index is 13.1. The third-order valence-electron chi connectivity index (χ3n) is 5.44. The van der Waals surface area contributed by atoms with Crippen LogP contribution in [0.5, 0.6) is 11.5 Å². The van der Waals surface area contributed by atoms with Gasteiger partial charge in [-0.15, -0.1) is 0 Å². The molecule has 1 aliphatic heterocycles. The lowest BCUT2D eigenvalue weighted by atomic mass is 9.95. The number of rotatable bonds is 7. The number of aliphatic hydroxyl groups is 1. The number of hydrogen-bond acceptors (Lipinski definition) is 6. The molecule has 2 heterocycles. The Labute approximate surface area is 201 Å². The first-order valence-electron chi connectivity index (χ1n) is 10.8. The monoisotopic (exact) mass is 481 g/mol. The van der Waals surface area contributed by atoms with Gasteiger partial charge in [-0.1, -0.05) is 31.5 Å². The average Bonchev–Trinajstić information content (AvgIpc) is 3.42. The largest absolute Gasteiger partial charge is 0.507 e. The van der Waals surface area contributed by atoms with Crippen LogP contribution in [0.25, 0.3) is 5.76 Å². The van der Waals surface area contributed by atoms with E-state index in [1.807, 2.05) is 13.8 Å². The fourth-order valence-corrected chi connectivity index (χ4v) is 3.97. The van der Waals surface area contributed by atoms with Crippen LogP contribution >= 0.6 is 11.6 Å². The number of ketones is 1. The highest BCUT2D eigenvalue weighted by Crippen LogP contribution is 2.42. The van der Waals surface area contributed by atoms with Gasteiger partial charge in [-0.25, -0.2) is 0 Å². The molecule has 1 atom stereocenters. The molecule has 1 fully saturated rings. The molecular weight excluding hydrogens is 458 g/mol. The van der Waals surface area contributed by atoms with Gasteiger partial charge in [0.2, 0.25) is 0 Å². The van der Waals surface area contributed by atoms with Gasteiger partial charge in [0.15, 0.2) is 0 Å². The molecule has 7 nitrogen and oxygen atoms in total. The number of phenols is 1. The van der Waals surface area contributed by atoms with E-state index in [9.17, 15) is 19.8 Å². The summed E-state index contributed by atoms with van der Waals surface area (Å²) in [6.45, 7) is 4.64. The molecule has 176 valence electrons. The Morgan fingerprint density at radius 3 is 2.50 bits per heavy atom. The van der Waals surface area contributed by atoms with Gasteiger partial charge in [0.05, 0.1) is 36.1 Å². The summed E-state index contributed by atoms with van der Waals surface area (Å²) in [4.78, 5) is 27.4. The van der Waals surface area contributed by atoms with Gasteiger partial charge in [0.25, 0.3) is 11.7 Å². The SMILES string of the molecule is CC(C)COc1ccc(/C(O)=C2/C(=O)C(=O)N(Cc3ccco3)C2c2ccc(O)c(Cl)c2)cc1. The minimum absolute atomic E-state index is 0.0134. The molecule has 0 spiro atoms. The van der Waals surface area contributed by atoms with Gasteiger partial charge in [-0.05, 0) is 60.0 Å². The molecular formula is C26H24ClNO6. The number of aromatic hydroxyl groups is 1. The van der Waals surface area contributed by atoms with E-state index in [4.69, 9.17) is 20.8 Å². The highest BCUT2D eigenvalue weighted by atomic mass is 35.5. The summed E-state index contributed by atoms with van der Waals surface area (Å²) < 4.78 is 11.1. The second kappa shape index (κ2) is 9.65.